The number of aromatic nitrogens is 4. The molecule has 0 amide bonds. The number of para-hydroxylation sites is 4. The number of imidazole rings is 1. The lowest BCUT2D eigenvalue weighted by Crippen LogP contribution is -1.99. The van der Waals surface area contributed by atoms with Gasteiger partial charge in [0.1, 0.15) is 11.2 Å². The van der Waals surface area contributed by atoms with Gasteiger partial charge in [-0.3, -0.25) is 4.57 Å². The highest BCUT2D eigenvalue weighted by Crippen LogP contribution is 2.38. The summed E-state index contributed by atoms with van der Waals surface area (Å²) in [7, 11) is 0. The van der Waals surface area contributed by atoms with Gasteiger partial charge in [-0.25, -0.2) is 15.0 Å². The summed E-state index contributed by atoms with van der Waals surface area (Å²) in [6.45, 7) is 3.77. The van der Waals surface area contributed by atoms with Crippen molar-refractivity contribution in [3.8, 4) is 17.1 Å². The summed E-state index contributed by atoms with van der Waals surface area (Å²) in [4.78, 5) is 14.8. The second kappa shape index (κ2) is 7.50. The van der Waals surface area contributed by atoms with Crippen LogP contribution in [0.1, 0.15) is 26.7 Å². The minimum Gasteiger partial charge on any atom is -0.455 e. The fraction of sp³-hybridized carbons (Fsp3) is 0.100. The van der Waals surface area contributed by atoms with E-state index in [0.717, 1.165) is 55.6 Å². The van der Waals surface area contributed by atoms with Gasteiger partial charge in [-0.05, 0) is 47.9 Å². The average molecular weight is 456 g/mol. The SMILES string of the molecule is [2H]C(C)(C)c1ccc2c(c1)oc1c(-c3nc4nc5ccccc5nc4n3-c3ccccc3)cccc12. The Morgan fingerprint density at radius 2 is 1.54 bits per heavy atom. The fourth-order valence-corrected chi connectivity index (χ4v) is 4.74. The maximum atomic E-state index is 8.44. The van der Waals surface area contributed by atoms with E-state index in [1.165, 1.54) is 0 Å². The quantitative estimate of drug-likeness (QED) is 0.274. The van der Waals surface area contributed by atoms with E-state index >= 15 is 0 Å². The molecule has 0 aliphatic carbocycles. The molecule has 7 rings (SSSR count). The van der Waals surface area contributed by atoms with Gasteiger partial charge in [-0.15, -0.1) is 0 Å². The average Bonchev–Trinajstić information content (AvgIpc) is 3.45. The lowest BCUT2D eigenvalue weighted by molar-refractivity contribution is 0.667. The molecule has 35 heavy (non-hydrogen) atoms. The maximum absolute atomic E-state index is 8.44. The lowest BCUT2D eigenvalue weighted by Gasteiger charge is -2.09. The van der Waals surface area contributed by atoms with E-state index in [-0.39, 0.29) is 0 Å². The van der Waals surface area contributed by atoms with Crippen molar-refractivity contribution in [1.82, 2.24) is 19.5 Å². The molecular weight excluding hydrogens is 432 g/mol. The monoisotopic (exact) mass is 455 g/mol. The number of benzene rings is 4. The molecule has 7 aromatic rings. The van der Waals surface area contributed by atoms with E-state index in [0.29, 0.717) is 11.3 Å². The van der Waals surface area contributed by atoms with E-state index in [2.05, 4.69) is 10.6 Å². The molecule has 4 aromatic carbocycles. The summed E-state index contributed by atoms with van der Waals surface area (Å²) in [5.74, 6) is 0.00796. The number of rotatable bonds is 3. The topological polar surface area (TPSA) is 56.7 Å². The lowest BCUT2D eigenvalue weighted by atomic mass is 10.0. The molecular formula is C30H22N4O. The molecule has 0 saturated heterocycles. The molecule has 5 nitrogen and oxygen atoms in total. The minimum atomic E-state index is -0.712. The highest BCUT2D eigenvalue weighted by molar-refractivity contribution is 6.09. The van der Waals surface area contributed by atoms with Crippen LogP contribution in [0.3, 0.4) is 0 Å². The van der Waals surface area contributed by atoms with Crippen molar-refractivity contribution in [2.24, 2.45) is 0 Å². The van der Waals surface area contributed by atoms with Crippen LogP contribution in [-0.2, 0) is 0 Å². The third kappa shape index (κ3) is 3.05. The van der Waals surface area contributed by atoms with Crippen LogP contribution in [0.15, 0.2) is 95.4 Å². The van der Waals surface area contributed by atoms with Gasteiger partial charge in [0, 0.05) is 17.8 Å². The van der Waals surface area contributed by atoms with Crippen molar-refractivity contribution in [1.29, 1.82) is 0 Å². The molecule has 0 saturated carbocycles. The normalized spacial score (nSPS) is 12.7. The molecule has 168 valence electrons. The van der Waals surface area contributed by atoms with E-state index in [9.17, 15) is 0 Å². The van der Waals surface area contributed by atoms with E-state index < -0.39 is 5.89 Å². The largest absolute Gasteiger partial charge is 0.455 e. The zero-order valence-electron chi connectivity index (χ0n) is 20.4. The molecule has 0 N–H and O–H groups in total. The van der Waals surface area contributed by atoms with Crippen LogP contribution in [0, 0.1) is 0 Å². The number of hydrogen-bond donors (Lipinski definition) is 0. The molecule has 0 aliphatic rings. The summed E-state index contributed by atoms with van der Waals surface area (Å²) in [5, 5.41) is 2.03. The number of nitrogens with zero attached hydrogens (tertiary/aromatic N) is 4. The predicted molar refractivity (Wildman–Crippen MR) is 141 cm³/mol. The Morgan fingerprint density at radius 1 is 0.771 bits per heavy atom. The Labute approximate surface area is 203 Å². The first-order valence-electron chi connectivity index (χ1n) is 12.1. The Balaban J connectivity index is 1.56. The van der Waals surface area contributed by atoms with Gasteiger partial charge in [0.25, 0.3) is 0 Å². The first-order valence-corrected chi connectivity index (χ1v) is 11.6. The van der Waals surface area contributed by atoms with Crippen LogP contribution in [0.4, 0.5) is 0 Å². The highest BCUT2D eigenvalue weighted by atomic mass is 16.3. The van der Waals surface area contributed by atoms with Gasteiger partial charge in [0.05, 0.1) is 16.6 Å². The van der Waals surface area contributed by atoms with Gasteiger partial charge < -0.3 is 4.42 Å². The summed E-state index contributed by atoms with van der Waals surface area (Å²) >= 11 is 0. The molecule has 0 atom stereocenters. The smallest absolute Gasteiger partial charge is 0.199 e. The van der Waals surface area contributed by atoms with Crippen molar-refractivity contribution in [3.63, 3.8) is 0 Å². The number of furan rings is 1. The van der Waals surface area contributed by atoms with Gasteiger partial charge in [0.2, 0.25) is 0 Å². The van der Waals surface area contributed by atoms with Gasteiger partial charge >= 0.3 is 0 Å². The minimum absolute atomic E-state index is 0.582. The Hall–Kier alpha value is -4.51. The molecule has 0 unspecified atom stereocenters. The molecule has 3 heterocycles. The number of hydrogen-bond acceptors (Lipinski definition) is 4. The standard InChI is InChI=1S/C30H22N4O/c1-18(2)19-15-16-21-22-11-8-12-23(27(22)35-26(21)17-19)29-33-28-30(34(29)20-9-4-3-5-10-20)32-25-14-7-6-13-24(25)31-28/h3-18H,1-2H3/i18D. The molecule has 0 fully saturated rings. The predicted octanol–water partition coefficient (Wildman–Crippen LogP) is 7.66. The van der Waals surface area contributed by atoms with Gasteiger partial charge in [-0.2, -0.15) is 0 Å². The van der Waals surface area contributed by atoms with E-state index in [1.807, 2.05) is 98.8 Å². The van der Waals surface area contributed by atoms with Crippen LogP contribution in [-0.4, -0.2) is 19.5 Å². The van der Waals surface area contributed by atoms with E-state index in [1.54, 1.807) is 0 Å². The fourth-order valence-electron chi connectivity index (χ4n) is 4.74. The summed E-state index contributed by atoms with van der Waals surface area (Å²) in [6.07, 6.45) is 0. The van der Waals surface area contributed by atoms with Crippen LogP contribution in [0.25, 0.3) is 61.3 Å². The summed E-state index contributed by atoms with van der Waals surface area (Å²) < 4.78 is 16.9. The highest BCUT2D eigenvalue weighted by Gasteiger charge is 2.21. The second-order valence-corrected chi connectivity index (χ2v) is 8.96. The zero-order valence-corrected chi connectivity index (χ0v) is 19.4. The van der Waals surface area contributed by atoms with Crippen molar-refractivity contribution >= 4 is 44.3 Å². The van der Waals surface area contributed by atoms with Crippen molar-refractivity contribution < 1.29 is 5.79 Å². The van der Waals surface area contributed by atoms with Crippen LogP contribution in [0.2, 0.25) is 0 Å². The first-order chi connectivity index (χ1) is 17.5. The third-order valence-electron chi connectivity index (χ3n) is 6.50. The molecule has 5 heteroatoms. The second-order valence-electron chi connectivity index (χ2n) is 8.96. The molecule has 3 aromatic heterocycles. The Bertz CT molecular complexity index is 1930. The number of fused-ring (bicyclic) bond motifs is 5. The van der Waals surface area contributed by atoms with E-state index in [4.69, 9.17) is 20.7 Å². The maximum Gasteiger partial charge on any atom is 0.199 e. The van der Waals surface area contributed by atoms with Gasteiger partial charge in [0.15, 0.2) is 17.1 Å². The molecule has 0 aliphatic heterocycles. The summed E-state index contributed by atoms with van der Waals surface area (Å²) in [5.41, 5.74) is 7.15. The van der Waals surface area contributed by atoms with Crippen molar-refractivity contribution in [2.75, 3.05) is 0 Å². The molecule has 0 radical (unpaired) electrons. The van der Waals surface area contributed by atoms with Crippen molar-refractivity contribution in [2.45, 2.75) is 19.7 Å². The third-order valence-corrected chi connectivity index (χ3v) is 6.50. The Morgan fingerprint density at radius 3 is 2.34 bits per heavy atom. The van der Waals surface area contributed by atoms with Crippen molar-refractivity contribution in [3.05, 3.63) is 96.6 Å². The van der Waals surface area contributed by atoms with Gasteiger partial charge in [-0.1, -0.05) is 68.4 Å². The first kappa shape index (κ1) is 18.9. The Kier molecular flexibility index (Phi) is 4.04. The molecule has 0 spiro atoms. The van der Waals surface area contributed by atoms with Crippen LogP contribution in [0.5, 0.6) is 0 Å². The summed E-state index contributed by atoms with van der Waals surface area (Å²) in [6, 6.07) is 30.1. The zero-order chi connectivity index (χ0) is 24.4. The molecule has 0 bridgehead atoms. The van der Waals surface area contributed by atoms with Crippen LogP contribution < -0.4 is 0 Å². The van der Waals surface area contributed by atoms with Crippen LogP contribution >= 0.6 is 0 Å².